The summed E-state index contributed by atoms with van der Waals surface area (Å²) in [5.41, 5.74) is 0.924. The molecule has 0 fully saturated rings. The first-order valence-corrected chi connectivity index (χ1v) is 19.9. The number of hydrogen-bond acceptors (Lipinski definition) is 7. The Morgan fingerprint density at radius 1 is 1.15 bits per heavy atom. The van der Waals surface area contributed by atoms with Crippen LogP contribution in [0.1, 0.15) is 47.9 Å². The molecule has 0 spiro atoms. The Kier molecular flexibility index (Phi) is 12.9. The Hall–Kier alpha value is -3.62. The van der Waals surface area contributed by atoms with Crippen LogP contribution in [0.4, 0.5) is 25.0 Å². The molecule has 1 atom stereocenters. The van der Waals surface area contributed by atoms with Gasteiger partial charge in [-0.2, -0.15) is 0 Å². The Bertz CT molecular complexity index is 1700. The summed E-state index contributed by atoms with van der Waals surface area (Å²) in [6.07, 6.45) is 3.89. The van der Waals surface area contributed by atoms with Gasteiger partial charge in [0.15, 0.2) is 11.6 Å². The average molecular weight is 723 g/mol. The summed E-state index contributed by atoms with van der Waals surface area (Å²) in [5, 5.41) is 8.71. The monoisotopic (exact) mass is 721 g/mol. The second-order valence-corrected chi connectivity index (χ2v) is 18.8. The standard InChI is InChI=1S/C33H39Cl2F2N5O5Si/c1-46-33(45)39-20-10-11-21-25(18-20)40-27(44)9-7-5-6-8-24(38-15-14-26(43)28-23(36)13-12-22(34)29(28)37)32-41-30(21)31(35)42(32)19-47-16-17-48(2,3)4/h5-6,10-13,18,24,38H,7-9,14-17,19H2,1-4H3,(H,39,45)(H,40,44)/t24-/m0/s1. The molecule has 4 rings (SSSR count). The van der Waals surface area contributed by atoms with Crippen molar-refractivity contribution >= 4 is 60.4 Å². The molecule has 258 valence electrons. The number of ketones is 1. The molecule has 1 aliphatic heterocycles. The number of nitrogens with zero attached hydrogens (tertiary/aromatic N) is 2. The molecule has 10 nitrogen and oxygen atoms in total. The zero-order valence-corrected chi connectivity index (χ0v) is 29.7. The van der Waals surface area contributed by atoms with Gasteiger partial charge in [-0.25, -0.2) is 18.6 Å². The highest BCUT2D eigenvalue weighted by Gasteiger charge is 2.27. The summed E-state index contributed by atoms with van der Waals surface area (Å²) in [5.74, 6) is -2.59. The van der Waals surface area contributed by atoms with Gasteiger partial charge in [-0.3, -0.25) is 19.5 Å². The van der Waals surface area contributed by atoms with E-state index in [1.165, 1.54) is 7.11 Å². The zero-order valence-electron chi connectivity index (χ0n) is 27.2. The minimum atomic E-state index is -1.39. The van der Waals surface area contributed by atoms with Crippen molar-refractivity contribution in [3.05, 3.63) is 75.7 Å². The number of aromatic nitrogens is 2. The van der Waals surface area contributed by atoms with Gasteiger partial charge in [0.1, 0.15) is 29.2 Å². The lowest BCUT2D eigenvalue weighted by atomic mass is 10.1. The number of hydrogen-bond donors (Lipinski definition) is 3. The van der Waals surface area contributed by atoms with E-state index in [9.17, 15) is 23.2 Å². The van der Waals surface area contributed by atoms with Crippen molar-refractivity contribution in [2.75, 3.05) is 30.9 Å². The largest absolute Gasteiger partial charge is 0.453 e. The molecule has 2 amide bonds. The number of amides is 2. The molecule has 1 aromatic heterocycles. The number of nitrogens with one attached hydrogen (secondary N) is 3. The van der Waals surface area contributed by atoms with Gasteiger partial charge >= 0.3 is 6.09 Å². The molecule has 0 saturated carbocycles. The summed E-state index contributed by atoms with van der Waals surface area (Å²) >= 11 is 12.8. The maximum atomic E-state index is 14.5. The van der Waals surface area contributed by atoms with Crippen LogP contribution in [0.25, 0.3) is 11.3 Å². The van der Waals surface area contributed by atoms with Crippen LogP contribution in [-0.2, 0) is 21.0 Å². The molecule has 48 heavy (non-hydrogen) atoms. The van der Waals surface area contributed by atoms with Crippen molar-refractivity contribution in [1.29, 1.82) is 0 Å². The van der Waals surface area contributed by atoms with E-state index >= 15 is 0 Å². The van der Waals surface area contributed by atoms with Gasteiger partial charge in [0, 0.05) is 45.3 Å². The molecule has 0 aliphatic carbocycles. The smallest absolute Gasteiger partial charge is 0.411 e. The molecule has 15 heteroatoms. The molecule has 3 aromatic rings. The van der Waals surface area contributed by atoms with E-state index in [1.54, 1.807) is 22.8 Å². The molecular formula is C33H39Cl2F2N5O5Si. The van der Waals surface area contributed by atoms with E-state index < -0.39 is 43.2 Å². The van der Waals surface area contributed by atoms with Crippen LogP contribution in [0.2, 0.25) is 35.9 Å². The quantitative estimate of drug-likeness (QED) is 0.0600. The number of halogens is 4. The Labute approximate surface area is 289 Å². The Morgan fingerprint density at radius 3 is 2.65 bits per heavy atom. The normalized spacial score (nSPS) is 15.1. The number of fused-ring (bicyclic) bond motifs is 4. The molecule has 0 radical (unpaired) electrons. The van der Waals surface area contributed by atoms with Crippen LogP contribution in [0.15, 0.2) is 42.5 Å². The van der Waals surface area contributed by atoms with Crippen LogP contribution in [0.3, 0.4) is 0 Å². The highest BCUT2D eigenvalue weighted by atomic mass is 35.5. The zero-order chi connectivity index (χ0) is 35.0. The van der Waals surface area contributed by atoms with Crippen molar-refractivity contribution in [3.63, 3.8) is 0 Å². The van der Waals surface area contributed by atoms with Crippen LogP contribution in [0.5, 0.6) is 0 Å². The first kappa shape index (κ1) is 37.2. The van der Waals surface area contributed by atoms with Gasteiger partial charge in [0.2, 0.25) is 5.91 Å². The van der Waals surface area contributed by atoms with Gasteiger partial charge in [-0.15, -0.1) is 0 Å². The molecule has 0 saturated heterocycles. The number of Topliss-reactive ketones (excluding diaryl/α,β-unsaturated/α-hetero) is 1. The number of anilines is 2. The maximum absolute atomic E-state index is 14.5. The number of allylic oxidation sites excluding steroid dienone is 1. The first-order valence-electron chi connectivity index (χ1n) is 15.5. The lowest BCUT2D eigenvalue weighted by molar-refractivity contribution is -0.116. The Morgan fingerprint density at radius 2 is 1.92 bits per heavy atom. The molecule has 2 bridgehead atoms. The number of methoxy groups -OCH3 is 1. The lowest BCUT2D eigenvalue weighted by Crippen LogP contribution is -2.28. The fraction of sp³-hybridized carbons (Fsp3) is 0.394. The third-order valence-electron chi connectivity index (χ3n) is 7.59. The Balaban J connectivity index is 1.72. The summed E-state index contributed by atoms with van der Waals surface area (Å²) in [6.45, 7) is 7.39. The van der Waals surface area contributed by atoms with Gasteiger partial charge in [-0.05, 0) is 49.2 Å². The molecule has 0 unspecified atom stereocenters. The van der Waals surface area contributed by atoms with Gasteiger partial charge in [0.05, 0.1) is 29.4 Å². The fourth-order valence-corrected chi connectivity index (χ4v) is 6.16. The van der Waals surface area contributed by atoms with Crippen LogP contribution >= 0.6 is 23.2 Å². The molecule has 1 aliphatic rings. The molecular weight excluding hydrogens is 683 g/mol. The molecule has 2 heterocycles. The number of benzene rings is 2. The first-order chi connectivity index (χ1) is 22.8. The minimum absolute atomic E-state index is 0.0538. The second kappa shape index (κ2) is 16.7. The van der Waals surface area contributed by atoms with Gasteiger partial charge in [0.25, 0.3) is 0 Å². The average Bonchev–Trinajstić information content (AvgIpc) is 3.35. The number of carbonyl (C=O) groups is 3. The van der Waals surface area contributed by atoms with Crippen LogP contribution < -0.4 is 16.0 Å². The maximum Gasteiger partial charge on any atom is 0.411 e. The minimum Gasteiger partial charge on any atom is -0.453 e. The number of carbonyl (C=O) groups excluding carboxylic acids is 3. The number of imidazole rings is 1. The number of rotatable bonds is 11. The molecule has 2 aromatic carbocycles. The van der Waals surface area contributed by atoms with Crippen molar-refractivity contribution in [3.8, 4) is 11.3 Å². The van der Waals surface area contributed by atoms with Crippen molar-refractivity contribution in [2.45, 2.75) is 64.1 Å². The van der Waals surface area contributed by atoms with Gasteiger partial charge in [-0.1, -0.05) is 55.0 Å². The van der Waals surface area contributed by atoms with E-state index in [2.05, 4.69) is 35.6 Å². The third-order valence-corrected chi connectivity index (χ3v) is 9.97. The summed E-state index contributed by atoms with van der Waals surface area (Å²) in [4.78, 5) is 42.6. The van der Waals surface area contributed by atoms with E-state index in [4.69, 9.17) is 37.7 Å². The summed E-state index contributed by atoms with van der Waals surface area (Å²) in [7, 11) is -0.146. The summed E-state index contributed by atoms with van der Waals surface area (Å²) < 4.78 is 41.4. The highest BCUT2D eigenvalue weighted by molar-refractivity contribution is 6.76. The SMILES string of the molecule is COC(=O)Nc1ccc2c(c1)NC(=O)CCC=CC[C@H](NCCC(=O)c1c(F)ccc(Cl)c1F)c1nc-2c(Cl)n1COCC[Si](C)(C)C. The lowest BCUT2D eigenvalue weighted by Gasteiger charge is -2.20. The predicted octanol–water partition coefficient (Wildman–Crippen LogP) is 8.21. The highest BCUT2D eigenvalue weighted by Crippen LogP contribution is 2.38. The van der Waals surface area contributed by atoms with Crippen LogP contribution in [0, 0.1) is 11.6 Å². The number of ether oxygens (including phenoxy) is 2. The van der Waals surface area contributed by atoms with E-state index in [-0.39, 0.29) is 42.2 Å². The second-order valence-electron chi connectivity index (χ2n) is 12.5. The van der Waals surface area contributed by atoms with Crippen molar-refractivity contribution < 1.29 is 32.6 Å². The van der Waals surface area contributed by atoms with E-state index in [0.717, 1.165) is 18.2 Å². The van der Waals surface area contributed by atoms with Crippen molar-refractivity contribution in [2.24, 2.45) is 0 Å². The van der Waals surface area contributed by atoms with E-state index in [0.29, 0.717) is 47.9 Å². The molecule has 3 N–H and O–H groups in total. The van der Waals surface area contributed by atoms with Crippen LogP contribution in [-0.4, -0.2) is 55.7 Å². The summed E-state index contributed by atoms with van der Waals surface area (Å²) in [6, 6.07) is 7.34. The van der Waals surface area contributed by atoms with Gasteiger partial charge < -0.3 is 20.1 Å². The topological polar surface area (TPSA) is 124 Å². The van der Waals surface area contributed by atoms with E-state index in [1.807, 2.05) is 12.2 Å². The predicted molar refractivity (Wildman–Crippen MR) is 185 cm³/mol. The van der Waals surface area contributed by atoms with Crippen molar-refractivity contribution in [1.82, 2.24) is 14.9 Å². The third kappa shape index (κ3) is 9.72. The fourth-order valence-electron chi connectivity index (χ4n) is 4.97.